The fraction of sp³-hybridized carbons (Fsp3) is 0.400. The zero-order chi connectivity index (χ0) is 19.1. The third kappa shape index (κ3) is 5.24. The van der Waals surface area contributed by atoms with E-state index in [1.807, 2.05) is 19.1 Å². The molecule has 1 aromatic carbocycles. The van der Waals surface area contributed by atoms with E-state index in [0.717, 1.165) is 24.3 Å². The lowest BCUT2D eigenvalue weighted by Crippen LogP contribution is -2.41. The largest absolute Gasteiger partial charge is 0.383 e. The number of halogens is 1. The third-order valence-corrected chi connectivity index (χ3v) is 4.55. The van der Waals surface area contributed by atoms with E-state index in [0.29, 0.717) is 32.0 Å². The molecule has 1 saturated heterocycles. The Hall–Kier alpha value is -2.51. The number of nitrogens with zero attached hydrogens (tertiary/aromatic N) is 2. The first-order valence-electron chi connectivity index (χ1n) is 9.22. The summed E-state index contributed by atoms with van der Waals surface area (Å²) in [4.78, 5) is 18.4. The average Bonchev–Trinajstić information content (AvgIpc) is 2.69. The molecule has 1 aromatic heterocycles. The van der Waals surface area contributed by atoms with Gasteiger partial charge >= 0.3 is 0 Å². The van der Waals surface area contributed by atoms with Crippen LogP contribution in [0.15, 0.2) is 42.6 Å². The van der Waals surface area contributed by atoms with Gasteiger partial charge in [0, 0.05) is 38.1 Å². The molecule has 2 aromatic rings. The van der Waals surface area contributed by atoms with Crippen molar-refractivity contribution in [2.45, 2.75) is 13.0 Å². The van der Waals surface area contributed by atoms with E-state index in [4.69, 9.17) is 4.74 Å². The second-order valence-electron chi connectivity index (χ2n) is 6.39. The lowest BCUT2D eigenvalue weighted by Gasteiger charge is -2.35. The maximum absolute atomic E-state index is 13.8. The molecule has 1 aliphatic heterocycles. The molecule has 0 saturated carbocycles. The van der Waals surface area contributed by atoms with Gasteiger partial charge in [0.25, 0.3) is 5.91 Å². The standard InChI is InChI=1S/C20H25FN4O2/c1-2-22-20(26)18-13-17(6-7-23-18)24-14-19(25-8-10-27-11-9-25)15-4-3-5-16(21)12-15/h3-7,12-13,19H,2,8-11,14H2,1H3,(H,22,26)(H,23,24). The molecule has 27 heavy (non-hydrogen) atoms. The molecule has 1 unspecified atom stereocenters. The zero-order valence-corrected chi connectivity index (χ0v) is 15.5. The minimum Gasteiger partial charge on any atom is -0.383 e. The van der Waals surface area contributed by atoms with Crippen molar-refractivity contribution < 1.29 is 13.9 Å². The molecule has 1 fully saturated rings. The number of pyridine rings is 1. The summed E-state index contributed by atoms with van der Waals surface area (Å²) < 4.78 is 19.2. The number of carbonyl (C=O) groups is 1. The molecule has 1 atom stereocenters. The van der Waals surface area contributed by atoms with Crippen LogP contribution in [-0.2, 0) is 4.74 Å². The summed E-state index contributed by atoms with van der Waals surface area (Å²) >= 11 is 0. The predicted molar refractivity (Wildman–Crippen MR) is 102 cm³/mol. The lowest BCUT2D eigenvalue weighted by molar-refractivity contribution is 0.0186. The Balaban J connectivity index is 1.74. The van der Waals surface area contributed by atoms with Gasteiger partial charge in [0.1, 0.15) is 11.5 Å². The fourth-order valence-corrected chi connectivity index (χ4v) is 3.19. The number of anilines is 1. The van der Waals surface area contributed by atoms with Crippen LogP contribution in [0, 0.1) is 5.82 Å². The highest BCUT2D eigenvalue weighted by Gasteiger charge is 2.23. The van der Waals surface area contributed by atoms with Crippen molar-refractivity contribution in [2.75, 3.05) is 44.7 Å². The summed E-state index contributed by atoms with van der Waals surface area (Å²) in [6.45, 7) is 5.93. The Kier molecular flexibility index (Phi) is 6.73. The molecule has 0 aliphatic carbocycles. The number of benzene rings is 1. The van der Waals surface area contributed by atoms with Crippen molar-refractivity contribution in [1.29, 1.82) is 0 Å². The maximum Gasteiger partial charge on any atom is 0.269 e. The van der Waals surface area contributed by atoms with E-state index >= 15 is 0 Å². The van der Waals surface area contributed by atoms with Crippen molar-refractivity contribution >= 4 is 11.6 Å². The van der Waals surface area contributed by atoms with Crippen molar-refractivity contribution in [1.82, 2.24) is 15.2 Å². The van der Waals surface area contributed by atoms with Gasteiger partial charge in [0.05, 0.1) is 19.3 Å². The number of amides is 1. The molecular formula is C20H25FN4O2. The van der Waals surface area contributed by atoms with Gasteiger partial charge in [-0.2, -0.15) is 0 Å². The third-order valence-electron chi connectivity index (χ3n) is 4.55. The van der Waals surface area contributed by atoms with E-state index in [9.17, 15) is 9.18 Å². The van der Waals surface area contributed by atoms with Gasteiger partial charge in [-0.25, -0.2) is 4.39 Å². The van der Waals surface area contributed by atoms with Crippen LogP contribution in [0.3, 0.4) is 0 Å². The highest BCUT2D eigenvalue weighted by molar-refractivity contribution is 5.93. The predicted octanol–water partition coefficient (Wildman–Crippen LogP) is 2.46. The Bertz CT molecular complexity index is 765. The van der Waals surface area contributed by atoms with Gasteiger partial charge in [-0.1, -0.05) is 12.1 Å². The monoisotopic (exact) mass is 372 g/mol. The minimum atomic E-state index is -0.242. The Labute approximate surface area is 158 Å². The normalized spacial score (nSPS) is 15.9. The Morgan fingerprint density at radius 2 is 2.11 bits per heavy atom. The van der Waals surface area contributed by atoms with Crippen LogP contribution >= 0.6 is 0 Å². The topological polar surface area (TPSA) is 66.5 Å². The summed E-state index contributed by atoms with van der Waals surface area (Å²) in [6.07, 6.45) is 1.61. The first kappa shape index (κ1) is 19.3. The first-order valence-corrected chi connectivity index (χ1v) is 9.22. The molecule has 2 heterocycles. The van der Waals surface area contributed by atoms with Crippen LogP contribution in [0.1, 0.15) is 29.0 Å². The highest BCUT2D eigenvalue weighted by atomic mass is 19.1. The zero-order valence-electron chi connectivity index (χ0n) is 15.5. The van der Waals surface area contributed by atoms with Gasteiger partial charge in [0.2, 0.25) is 0 Å². The molecule has 6 nitrogen and oxygen atoms in total. The van der Waals surface area contributed by atoms with Crippen molar-refractivity contribution in [2.24, 2.45) is 0 Å². The van der Waals surface area contributed by atoms with E-state index in [1.54, 1.807) is 24.4 Å². The summed E-state index contributed by atoms with van der Waals surface area (Å²) in [5.74, 6) is -0.441. The van der Waals surface area contributed by atoms with Gasteiger partial charge in [-0.3, -0.25) is 14.7 Å². The minimum absolute atomic E-state index is 0.00526. The van der Waals surface area contributed by atoms with Crippen molar-refractivity contribution in [3.63, 3.8) is 0 Å². The maximum atomic E-state index is 13.8. The molecule has 1 amide bonds. The molecule has 0 bridgehead atoms. The summed E-state index contributed by atoms with van der Waals surface area (Å²) in [7, 11) is 0. The van der Waals surface area contributed by atoms with E-state index < -0.39 is 0 Å². The van der Waals surface area contributed by atoms with Crippen LogP contribution in [0.2, 0.25) is 0 Å². The molecule has 0 spiro atoms. The SMILES string of the molecule is CCNC(=O)c1cc(NCC(c2cccc(F)c2)N2CCOCC2)ccn1. The van der Waals surface area contributed by atoms with Crippen molar-refractivity contribution in [3.05, 3.63) is 59.7 Å². The van der Waals surface area contributed by atoms with Crippen molar-refractivity contribution in [3.8, 4) is 0 Å². The number of hydrogen-bond acceptors (Lipinski definition) is 5. The molecule has 2 N–H and O–H groups in total. The van der Waals surface area contributed by atoms with Gasteiger partial charge in [-0.15, -0.1) is 0 Å². The summed E-state index contributed by atoms with van der Waals surface area (Å²) in [6, 6.07) is 10.3. The molecule has 7 heteroatoms. The lowest BCUT2D eigenvalue weighted by atomic mass is 10.0. The van der Waals surface area contributed by atoms with Gasteiger partial charge in [0.15, 0.2) is 0 Å². The molecule has 0 radical (unpaired) electrons. The summed E-state index contributed by atoms with van der Waals surface area (Å²) in [5, 5.41) is 6.12. The van der Waals surface area contributed by atoms with Crippen LogP contribution < -0.4 is 10.6 Å². The number of ether oxygens (including phenoxy) is 1. The molecular weight excluding hydrogens is 347 g/mol. The number of aromatic nitrogens is 1. The van der Waals surface area contributed by atoms with Gasteiger partial charge < -0.3 is 15.4 Å². The van der Waals surface area contributed by atoms with Crippen LogP contribution in [0.4, 0.5) is 10.1 Å². The smallest absolute Gasteiger partial charge is 0.269 e. The fourth-order valence-electron chi connectivity index (χ4n) is 3.19. The van der Waals surface area contributed by atoms with E-state index in [-0.39, 0.29) is 17.8 Å². The number of nitrogens with one attached hydrogen (secondary N) is 2. The molecule has 3 rings (SSSR count). The Morgan fingerprint density at radius 3 is 2.85 bits per heavy atom. The Morgan fingerprint density at radius 1 is 1.30 bits per heavy atom. The molecule has 1 aliphatic rings. The van der Waals surface area contributed by atoms with Gasteiger partial charge in [-0.05, 0) is 36.8 Å². The van der Waals surface area contributed by atoms with E-state index in [2.05, 4.69) is 20.5 Å². The second kappa shape index (κ2) is 9.43. The number of rotatable bonds is 7. The average molecular weight is 372 g/mol. The van der Waals surface area contributed by atoms with E-state index in [1.165, 1.54) is 6.07 Å². The highest BCUT2D eigenvalue weighted by Crippen LogP contribution is 2.23. The van der Waals surface area contributed by atoms with Crippen LogP contribution in [0.25, 0.3) is 0 Å². The summed E-state index contributed by atoms with van der Waals surface area (Å²) in [5.41, 5.74) is 2.10. The molecule has 144 valence electrons. The van der Waals surface area contributed by atoms with Crippen LogP contribution in [0.5, 0.6) is 0 Å². The number of carbonyl (C=O) groups excluding carboxylic acids is 1. The van der Waals surface area contributed by atoms with Crippen LogP contribution in [-0.4, -0.2) is 55.2 Å². The number of morpholine rings is 1. The second-order valence-corrected chi connectivity index (χ2v) is 6.39. The number of hydrogen-bond donors (Lipinski definition) is 2. The first-order chi connectivity index (χ1) is 13.2. The quantitative estimate of drug-likeness (QED) is 0.782.